The minimum absolute atomic E-state index is 0.250. The van der Waals surface area contributed by atoms with Crippen LogP contribution in [0.15, 0.2) is 51.7 Å². The minimum atomic E-state index is -0.378. The van der Waals surface area contributed by atoms with Crippen LogP contribution < -0.4 is 10.4 Å². The van der Waals surface area contributed by atoms with E-state index >= 15 is 0 Å². The van der Waals surface area contributed by atoms with Crippen molar-refractivity contribution < 1.29 is 18.7 Å². The molecule has 1 aromatic heterocycles. The Balaban J connectivity index is 1.57. The summed E-state index contributed by atoms with van der Waals surface area (Å²) in [7, 11) is 0. The Labute approximate surface area is 156 Å². The van der Waals surface area contributed by atoms with Gasteiger partial charge in [-0.05, 0) is 73.7 Å². The molecular formula is C22H20O5. The molecule has 0 saturated carbocycles. The second-order valence-corrected chi connectivity index (χ2v) is 6.59. The highest BCUT2D eigenvalue weighted by atomic mass is 16.5. The zero-order valence-corrected chi connectivity index (χ0v) is 15.1. The topological polar surface area (TPSA) is 65.7 Å². The van der Waals surface area contributed by atoms with Gasteiger partial charge in [0, 0.05) is 17.0 Å². The van der Waals surface area contributed by atoms with Crippen molar-refractivity contribution in [1.82, 2.24) is 0 Å². The van der Waals surface area contributed by atoms with Gasteiger partial charge < -0.3 is 13.9 Å². The van der Waals surface area contributed by atoms with Crippen molar-refractivity contribution >= 4 is 16.9 Å². The van der Waals surface area contributed by atoms with E-state index in [0.717, 1.165) is 30.2 Å². The van der Waals surface area contributed by atoms with E-state index in [0.29, 0.717) is 23.5 Å². The lowest BCUT2D eigenvalue weighted by Gasteiger charge is -2.10. The molecule has 1 heterocycles. The summed E-state index contributed by atoms with van der Waals surface area (Å²) in [6.45, 7) is 2.36. The number of carbonyl (C=O) groups excluding carboxylic acids is 1. The van der Waals surface area contributed by atoms with Crippen LogP contribution in [0.2, 0.25) is 0 Å². The van der Waals surface area contributed by atoms with Crippen molar-refractivity contribution in [2.24, 2.45) is 0 Å². The first-order chi connectivity index (χ1) is 13.1. The fraction of sp³-hybridized carbons (Fsp3) is 0.273. The summed E-state index contributed by atoms with van der Waals surface area (Å²) in [4.78, 5) is 23.6. The molecule has 0 radical (unpaired) electrons. The van der Waals surface area contributed by atoms with Crippen LogP contribution >= 0.6 is 0 Å². The Morgan fingerprint density at radius 1 is 1.07 bits per heavy atom. The fourth-order valence-corrected chi connectivity index (χ4v) is 3.48. The molecule has 4 rings (SSSR count). The largest absolute Gasteiger partial charge is 0.489 e. The van der Waals surface area contributed by atoms with E-state index in [1.165, 1.54) is 17.2 Å². The van der Waals surface area contributed by atoms with Crippen LogP contribution in [0.5, 0.6) is 5.75 Å². The average molecular weight is 364 g/mol. The van der Waals surface area contributed by atoms with E-state index in [1.807, 2.05) is 6.07 Å². The fourth-order valence-electron chi connectivity index (χ4n) is 3.48. The summed E-state index contributed by atoms with van der Waals surface area (Å²) in [6.07, 6.45) is 3.22. The molecule has 1 aliphatic rings. The highest BCUT2D eigenvalue weighted by molar-refractivity contribution is 5.89. The number of hydrogen-bond acceptors (Lipinski definition) is 5. The van der Waals surface area contributed by atoms with E-state index in [1.54, 1.807) is 31.2 Å². The first-order valence-electron chi connectivity index (χ1n) is 9.12. The molecule has 5 heteroatoms. The van der Waals surface area contributed by atoms with Crippen molar-refractivity contribution in [3.05, 3.63) is 75.1 Å². The monoisotopic (exact) mass is 364 g/mol. The van der Waals surface area contributed by atoms with E-state index in [2.05, 4.69) is 6.07 Å². The van der Waals surface area contributed by atoms with Gasteiger partial charge in [0.05, 0.1) is 12.2 Å². The molecule has 5 nitrogen and oxygen atoms in total. The van der Waals surface area contributed by atoms with Crippen LogP contribution in [0.25, 0.3) is 11.0 Å². The molecule has 3 aromatic rings. The molecule has 1 aliphatic carbocycles. The van der Waals surface area contributed by atoms with Gasteiger partial charge in [-0.2, -0.15) is 0 Å². The van der Waals surface area contributed by atoms with Crippen molar-refractivity contribution in [3.8, 4) is 5.75 Å². The molecule has 0 amide bonds. The zero-order valence-electron chi connectivity index (χ0n) is 15.1. The van der Waals surface area contributed by atoms with E-state index in [9.17, 15) is 9.59 Å². The standard InChI is InChI=1S/C22H20O5/c1-2-25-22(24)14-6-8-18(9-7-14)26-13-17-12-21(23)27-20-11-16-5-3-4-15(16)10-19(17)20/h6-12H,2-5,13H2,1H3. The Hall–Kier alpha value is -3.08. The number of hydrogen-bond donors (Lipinski definition) is 0. The molecule has 0 saturated heterocycles. The molecule has 2 aromatic carbocycles. The SMILES string of the molecule is CCOC(=O)c1ccc(OCc2cc(=O)oc3cc4c(cc23)CCC4)cc1. The van der Waals surface area contributed by atoms with E-state index in [-0.39, 0.29) is 18.2 Å². The molecule has 138 valence electrons. The van der Waals surface area contributed by atoms with Gasteiger partial charge in [-0.3, -0.25) is 0 Å². The van der Waals surface area contributed by atoms with Gasteiger partial charge >= 0.3 is 11.6 Å². The first-order valence-corrected chi connectivity index (χ1v) is 9.12. The third-order valence-corrected chi connectivity index (χ3v) is 4.80. The summed E-state index contributed by atoms with van der Waals surface area (Å²) in [6, 6.07) is 12.3. The van der Waals surface area contributed by atoms with E-state index in [4.69, 9.17) is 13.9 Å². The average Bonchev–Trinajstić information content (AvgIpc) is 3.12. The predicted octanol–water partition coefficient (Wildman–Crippen LogP) is 4.04. The molecule has 0 atom stereocenters. The molecule has 0 fully saturated rings. The Morgan fingerprint density at radius 2 is 1.81 bits per heavy atom. The minimum Gasteiger partial charge on any atom is -0.489 e. The summed E-state index contributed by atoms with van der Waals surface area (Å²) >= 11 is 0. The van der Waals surface area contributed by atoms with Gasteiger partial charge in [0.2, 0.25) is 0 Å². The van der Waals surface area contributed by atoms with Crippen LogP contribution in [0.3, 0.4) is 0 Å². The molecule has 0 aliphatic heterocycles. The Kier molecular flexibility index (Phi) is 4.67. The molecule has 0 unspecified atom stereocenters. The van der Waals surface area contributed by atoms with Gasteiger partial charge in [0.25, 0.3) is 0 Å². The number of ether oxygens (including phenoxy) is 2. The number of rotatable bonds is 5. The summed E-state index contributed by atoms with van der Waals surface area (Å²) < 4.78 is 16.2. The maximum absolute atomic E-state index is 11.9. The van der Waals surface area contributed by atoms with Crippen molar-refractivity contribution in [1.29, 1.82) is 0 Å². The van der Waals surface area contributed by atoms with Crippen molar-refractivity contribution in [2.45, 2.75) is 32.8 Å². The van der Waals surface area contributed by atoms with Crippen LogP contribution in [0.1, 0.15) is 40.4 Å². The van der Waals surface area contributed by atoms with Crippen LogP contribution in [-0.2, 0) is 24.2 Å². The van der Waals surface area contributed by atoms with Gasteiger partial charge in [0.15, 0.2) is 0 Å². The second-order valence-electron chi connectivity index (χ2n) is 6.59. The predicted molar refractivity (Wildman–Crippen MR) is 101 cm³/mol. The highest BCUT2D eigenvalue weighted by Gasteiger charge is 2.15. The molecule has 0 spiro atoms. The summed E-state index contributed by atoms with van der Waals surface area (Å²) in [5, 5.41) is 0.915. The lowest BCUT2D eigenvalue weighted by Crippen LogP contribution is -2.06. The molecular weight excluding hydrogens is 344 g/mol. The molecule has 0 bridgehead atoms. The van der Waals surface area contributed by atoms with Gasteiger partial charge in [-0.1, -0.05) is 0 Å². The molecule has 0 N–H and O–H groups in total. The highest BCUT2D eigenvalue weighted by Crippen LogP contribution is 2.29. The van der Waals surface area contributed by atoms with Crippen LogP contribution in [0, 0.1) is 0 Å². The van der Waals surface area contributed by atoms with Crippen molar-refractivity contribution in [2.75, 3.05) is 6.61 Å². The maximum atomic E-state index is 11.9. The number of esters is 1. The summed E-state index contributed by atoms with van der Waals surface area (Å²) in [5.74, 6) is 0.259. The third kappa shape index (κ3) is 3.58. The van der Waals surface area contributed by atoms with E-state index < -0.39 is 0 Å². The quantitative estimate of drug-likeness (QED) is 0.505. The second kappa shape index (κ2) is 7.27. The lowest BCUT2D eigenvalue weighted by molar-refractivity contribution is 0.0526. The number of carbonyl (C=O) groups is 1. The van der Waals surface area contributed by atoms with Crippen LogP contribution in [-0.4, -0.2) is 12.6 Å². The summed E-state index contributed by atoms with van der Waals surface area (Å²) in [5.41, 5.74) is 4.08. The molecule has 27 heavy (non-hydrogen) atoms. The van der Waals surface area contributed by atoms with Crippen molar-refractivity contribution in [3.63, 3.8) is 0 Å². The Morgan fingerprint density at radius 3 is 2.56 bits per heavy atom. The number of benzene rings is 2. The van der Waals surface area contributed by atoms with Gasteiger partial charge in [0.1, 0.15) is 17.9 Å². The third-order valence-electron chi connectivity index (χ3n) is 4.80. The number of fused-ring (bicyclic) bond motifs is 2. The van der Waals surface area contributed by atoms with Crippen LogP contribution in [0.4, 0.5) is 0 Å². The van der Waals surface area contributed by atoms with Gasteiger partial charge in [-0.25, -0.2) is 9.59 Å². The number of aryl methyl sites for hydroxylation is 2. The zero-order chi connectivity index (χ0) is 18.8. The smallest absolute Gasteiger partial charge is 0.338 e. The maximum Gasteiger partial charge on any atom is 0.338 e. The Bertz CT molecular complexity index is 1050. The first kappa shape index (κ1) is 17.3. The van der Waals surface area contributed by atoms with Gasteiger partial charge in [-0.15, -0.1) is 0 Å². The normalized spacial score (nSPS) is 12.8. The lowest BCUT2D eigenvalue weighted by atomic mass is 10.0.